The first kappa shape index (κ1) is 13.4. The zero-order valence-electron chi connectivity index (χ0n) is 9.85. The van der Waals surface area contributed by atoms with Crippen LogP contribution in [0.15, 0.2) is 24.3 Å². The minimum atomic E-state index is -0.263. The van der Waals surface area contributed by atoms with E-state index in [2.05, 4.69) is 5.32 Å². The van der Waals surface area contributed by atoms with Crippen LogP contribution in [0.25, 0.3) is 0 Å². The van der Waals surface area contributed by atoms with Gasteiger partial charge in [-0.25, -0.2) is 0 Å². The Morgan fingerprint density at radius 3 is 2.88 bits per heavy atom. The molecule has 0 heterocycles. The number of amides is 1. The molecule has 1 aromatic rings. The van der Waals surface area contributed by atoms with E-state index in [0.717, 1.165) is 12.8 Å². The predicted molar refractivity (Wildman–Crippen MR) is 65.1 cm³/mol. The van der Waals surface area contributed by atoms with Crippen molar-refractivity contribution in [3.63, 3.8) is 0 Å². The molecule has 0 spiro atoms. The zero-order valence-corrected chi connectivity index (χ0v) is 9.85. The van der Waals surface area contributed by atoms with E-state index in [1.54, 1.807) is 18.2 Å². The largest absolute Gasteiger partial charge is 0.394 e. The molecule has 0 saturated carbocycles. The first-order valence-electron chi connectivity index (χ1n) is 5.68. The van der Waals surface area contributed by atoms with Gasteiger partial charge in [0.25, 0.3) is 5.91 Å². The summed E-state index contributed by atoms with van der Waals surface area (Å²) in [5, 5.41) is 11.8. The van der Waals surface area contributed by atoms with Crippen molar-refractivity contribution in [1.82, 2.24) is 5.32 Å². The average molecular weight is 235 g/mol. The molecule has 0 aliphatic carbocycles. The van der Waals surface area contributed by atoms with Gasteiger partial charge in [-0.1, -0.05) is 25.5 Å². The Labute approximate surface area is 101 Å². The van der Waals surface area contributed by atoms with Gasteiger partial charge in [-0.05, 0) is 18.6 Å². The minimum Gasteiger partial charge on any atom is -0.394 e. The predicted octanol–water partition coefficient (Wildman–Crippen LogP) is 1.39. The van der Waals surface area contributed by atoms with Crippen molar-refractivity contribution >= 4 is 12.2 Å². The highest BCUT2D eigenvalue weighted by Crippen LogP contribution is 2.04. The fraction of sp³-hybridized carbons (Fsp3) is 0.385. The van der Waals surface area contributed by atoms with E-state index in [0.29, 0.717) is 17.4 Å². The second-order valence-electron chi connectivity index (χ2n) is 3.88. The molecule has 0 aliphatic heterocycles. The summed E-state index contributed by atoms with van der Waals surface area (Å²) in [5.41, 5.74) is 0.901. The molecular weight excluding hydrogens is 218 g/mol. The van der Waals surface area contributed by atoms with Crippen LogP contribution in [0.2, 0.25) is 0 Å². The SMILES string of the molecule is CCCC(CO)NC(=O)c1cccc(C=O)c1. The molecule has 0 bridgehead atoms. The fourth-order valence-corrected chi connectivity index (χ4v) is 1.58. The third kappa shape index (κ3) is 4.00. The Bertz CT molecular complexity index is 390. The number of benzene rings is 1. The highest BCUT2D eigenvalue weighted by Gasteiger charge is 2.12. The van der Waals surface area contributed by atoms with E-state index in [9.17, 15) is 9.59 Å². The minimum absolute atomic E-state index is 0.0764. The first-order chi connectivity index (χ1) is 8.21. The van der Waals surface area contributed by atoms with E-state index in [-0.39, 0.29) is 18.6 Å². The quantitative estimate of drug-likeness (QED) is 0.732. The number of hydrogen-bond donors (Lipinski definition) is 2. The number of carbonyl (C=O) groups is 2. The van der Waals surface area contributed by atoms with Crippen molar-refractivity contribution in [3.05, 3.63) is 35.4 Å². The highest BCUT2D eigenvalue weighted by molar-refractivity contribution is 5.95. The monoisotopic (exact) mass is 235 g/mol. The number of hydrogen-bond acceptors (Lipinski definition) is 3. The van der Waals surface area contributed by atoms with Crippen molar-refractivity contribution in [2.75, 3.05) is 6.61 Å². The van der Waals surface area contributed by atoms with Crippen LogP contribution in [0.3, 0.4) is 0 Å². The molecular formula is C13H17NO3. The number of carbonyl (C=O) groups excluding carboxylic acids is 2. The Morgan fingerprint density at radius 2 is 2.29 bits per heavy atom. The normalized spacial score (nSPS) is 11.9. The number of aliphatic hydroxyl groups excluding tert-OH is 1. The molecule has 4 heteroatoms. The lowest BCUT2D eigenvalue weighted by Gasteiger charge is -2.15. The van der Waals surface area contributed by atoms with Gasteiger partial charge in [0.2, 0.25) is 0 Å². The maximum absolute atomic E-state index is 11.8. The van der Waals surface area contributed by atoms with Gasteiger partial charge in [-0.15, -0.1) is 0 Å². The maximum Gasteiger partial charge on any atom is 0.251 e. The summed E-state index contributed by atoms with van der Waals surface area (Å²) < 4.78 is 0. The van der Waals surface area contributed by atoms with Crippen molar-refractivity contribution in [1.29, 1.82) is 0 Å². The Morgan fingerprint density at radius 1 is 1.53 bits per heavy atom. The molecule has 0 saturated heterocycles. The Balaban J connectivity index is 2.71. The van der Waals surface area contributed by atoms with E-state index >= 15 is 0 Å². The molecule has 0 fully saturated rings. The van der Waals surface area contributed by atoms with Crippen LogP contribution in [0.5, 0.6) is 0 Å². The summed E-state index contributed by atoms with van der Waals surface area (Å²) in [4.78, 5) is 22.4. The second-order valence-corrected chi connectivity index (χ2v) is 3.88. The second kappa shape index (κ2) is 6.81. The number of aldehydes is 1. The fourth-order valence-electron chi connectivity index (χ4n) is 1.58. The molecule has 1 amide bonds. The molecule has 4 nitrogen and oxygen atoms in total. The summed E-state index contributed by atoms with van der Waals surface area (Å²) in [5.74, 6) is -0.263. The highest BCUT2D eigenvalue weighted by atomic mass is 16.3. The molecule has 0 aromatic heterocycles. The molecule has 92 valence electrons. The smallest absolute Gasteiger partial charge is 0.251 e. The van der Waals surface area contributed by atoms with E-state index in [1.807, 2.05) is 6.92 Å². The van der Waals surface area contributed by atoms with Crippen LogP contribution in [-0.4, -0.2) is 29.9 Å². The van der Waals surface area contributed by atoms with Crippen LogP contribution in [0.4, 0.5) is 0 Å². The van der Waals surface area contributed by atoms with Crippen LogP contribution in [-0.2, 0) is 0 Å². The molecule has 0 radical (unpaired) electrons. The van der Waals surface area contributed by atoms with Crippen LogP contribution in [0.1, 0.15) is 40.5 Å². The van der Waals surface area contributed by atoms with E-state index < -0.39 is 0 Å². The molecule has 1 aromatic carbocycles. The van der Waals surface area contributed by atoms with Crippen LogP contribution in [0, 0.1) is 0 Å². The number of nitrogens with one attached hydrogen (secondary N) is 1. The van der Waals surface area contributed by atoms with Gasteiger partial charge in [0.05, 0.1) is 12.6 Å². The lowest BCUT2D eigenvalue weighted by atomic mass is 10.1. The molecule has 1 atom stereocenters. The summed E-state index contributed by atoms with van der Waals surface area (Å²) >= 11 is 0. The van der Waals surface area contributed by atoms with Gasteiger partial charge in [0.15, 0.2) is 0 Å². The first-order valence-corrected chi connectivity index (χ1v) is 5.68. The summed E-state index contributed by atoms with van der Waals surface area (Å²) in [7, 11) is 0. The molecule has 0 aliphatic rings. The number of rotatable bonds is 6. The molecule has 1 unspecified atom stereocenters. The van der Waals surface area contributed by atoms with E-state index in [1.165, 1.54) is 6.07 Å². The van der Waals surface area contributed by atoms with Gasteiger partial charge in [-0.2, -0.15) is 0 Å². The third-order valence-electron chi connectivity index (χ3n) is 2.48. The number of aliphatic hydroxyl groups is 1. The lowest BCUT2D eigenvalue weighted by Crippen LogP contribution is -2.37. The van der Waals surface area contributed by atoms with Gasteiger partial charge >= 0.3 is 0 Å². The van der Waals surface area contributed by atoms with Gasteiger partial charge in [0.1, 0.15) is 6.29 Å². The zero-order chi connectivity index (χ0) is 12.7. The van der Waals surface area contributed by atoms with Crippen molar-refractivity contribution in [2.24, 2.45) is 0 Å². The Kier molecular flexibility index (Phi) is 5.36. The third-order valence-corrected chi connectivity index (χ3v) is 2.48. The lowest BCUT2D eigenvalue weighted by molar-refractivity contribution is 0.0913. The van der Waals surface area contributed by atoms with Gasteiger partial charge in [0, 0.05) is 11.1 Å². The molecule has 2 N–H and O–H groups in total. The summed E-state index contributed by atoms with van der Waals surface area (Å²) in [6.07, 6.45) is 2.32. The topological polar surface area (TPSA) is 66.4 Å². The van der Waals surface area contributed by atoms with Crippen molar-refractivity contribution < 1.29 is 14.7 Å². The van der Waals surface area contributed by atoms with Gasteiger partial charge in [-0.3, -0.25) is 9.59 Å². The average Bonchev–Trinajstić information content (AvgIpc) is 2.38. The molecule has 1 rings (SSSR count). The van der Waals surface area contributed by atoms with Crippen molar-refractivity contribution in [3.8, 4) is 0 Å². The van der Waals surface area contributed by atoms with Crippen LogP contribution >= 0.6 is 0 Å². The van der Waals surface area contributed by atoms with E-state index in [4.69, 9.17) is 5.11 Å². The van der Waals surface area contributed by atoms with Crippen LogP contribution < -0.4 is 5.32 Å². The summed E-state index contributed by atoms with van der Waals surface area (Å²) in [6.45, 7) is 1.91. The molecule has 17 heavy (non-hydrogen) atoms. The van der Waals surface area contributed by atoms with Gasteiger partial charge < -0.3 is 10.4 Å². The maximum atomic E-state index is 11.8. The Hall–Kier alpha value is -1.68. The standard InChI is InChI=1S/C13H17NO3/c1-2-4-12(9-16)14-13(17)11-6-3-5-10(7-11)8-15/h3,5-8,12,16H,2,4,9H2,1H3,(H,14,17). The van der Waals surface area contributed by atoms with Crippen molar-refractivity contribution in [2.45, 2.75) is 25.8 Å². The summed E-state index contributed by atoms with van der Waals surface area (Å²) in [6, 6.07) is 6.24.